The lowest BCUT2D eigenvalue weighted by Gasteiger charge is -2.11. The molecule has 0 radical (unpaired) electrons. The minimum absolute atomic E-state index is 0.226. The van der Waals surface area contributed by atoms with Crippen molar-refractivity contribution >= 4 is 5.91 Å². The summed E-state index contributed by atoms with van der Waals surface area (Å²) < 4.78 is 0. The topological polar surface area (TPSA) is 41.1 Å². The number of allylic oxidation sites excluding steroid dienone is 2. The van der Waals surface area contributed by atoms with E-state index in [1.165, 1.54) is 0 Å². The molecule has 3 rings (SSSR count). The van der Waals surface area contributed by atoms with Crippen LogP contribution in [-0.2, 0) is 4.79 Å². The molecule has 1 aliphatic heterocycles. The minimum atomic E-state index is 0.226. The Labute approximate surface area is 83.9 Å². The van der Waals surface area contributed by atoms with Crippen molar-refractivity contribution in [3.05, 3.63) is 12.2 Å². The smallest absolute Gasteiger partial charge is 0.223 e. The second kappa shape index (κ2) is 3.09. The molecule has 2 unspecified atom stereocenters. The highest BCUT2D eigenvalue weighted by atomic mass is 16.2. The lowest BCUT2D eigenvalue weighted by atomic mass is 10.1. The summed E-state index contributed by atoms with van der Waals surface area (Å²) in [6.07, 6.45) is 6.09. The molecule has 0 aromatic carbocycles. The van der Waals surface area contributed by atoms with E-state index in [2.05, 4.69) is 22.8 Å². The molecule has 0 aromatic heterocycles. The van der Waals surface area contributed by atoms with E-state index in [0.29, 0.717) is 6.04 Å². The number of fused-ring (bicyclic) bond motifs is 1. The van der Waals surface area contributed by atoms with Crippen LogP contribution in [-0.4, -0.2) is 25.0 Å². The predicted octanol–water partition coefficient (Wildman–Crippen LogP) is 0.287. The first kappa shape index (κ1) is 8.48. The molecule has 3 heteroatoms. The molecular weight excluding hydrogens is 176 g/mol. The predicted molar refractivity (Wildman–Crippen MR) is 53.6 cm³/mol. The second-order valence-electron chi connectivity index (χ2n) is 4.66. The van der Waals surface area contributed by atoms with Gasteiger partial charge >= 0.3 is 0 Å². The van der Waals surface area contributed by atoms with Crippen molar-refractivity contribution in [1.82, 2.24) is 10.6 Å². The summed E-state index contributed by atoms with van der Waals surface area (Å²) in [6.45, 7) is 2.19. The van der Waals surface area contributed by atoms with E-state index in [0.717, 1.165) is 37.8 Å². The number of amides is 1. The standard InChI is InChI=1S/C11H16N2O/c14-11(7-3-1-2-4-7)13-10-8-5-12-6-9(8)10/h1-2,7-10,12H,3-6H2,(H,13,14). The Bertz CT molecular complexity index is 269. The SMILES string of the molecule is O=C(NC1C2CNCC21)C1CC=CC1. The molecular formula is C11H16N2O. The van der Waals surface area contributed by atoms with Crippen molar-refractivity contribution in [2.24, 2.45) is 17.8 Å². The van der Waals surface area contributed by atoms with Gasteiger partial charge in [-0.1, -0.05) is 12.2 Å². The highest BCUT2D eigenvalue weighted by Gasteiger charge is 2.53. The summed E-state index contributed by atoms with van der Waals surface area (Å²) >= 11 is 0. The van der Waals surface area contributed by atoms with Crippen LogP contribution < -0.4 is 10.6 Å². The van der Waals surface area contributed by atoms with Crippen molar-refractivity contribution in [3.63, 3.8) is 0 Å². The molecule has 1 amide bonds. The highest BCUT2D eigenvalue weighted by molar-refractivity contribution is 5.80. The van der Waals surface area contributed by atoms with Gasteiger partial charge in [0.1, 0.15) is 0 Å². The summed E-state index contributed by atoms with van der Waals surface area (Å²) in [6, 6.07) is 0.490. The number of hydrogen-bond donors (Lipinski definition) is 2. The Morgan fingerprint density at radius 2 is 1.86 bits per heavy atom. The molecule has 14 heavy (non-hydrogen) atoms. The Hall–Kier alpha value is -0.830. The fraction of sp³-hybridized carbons (Fsp3) is 0.727. The van der Waals surface area contributed by atoms with E-state index in [1.54, 1.807) is 0 Å². The van der Waals surface area contributed by atoms with Gasteiger partial charge in [-0.2, -0.15) is 0 Å². The van der Waals surface area contributed by atoms with Crippen molar-refractivity contribution in [2.45, 2.75) is 18.9 Å². The van der Waals surface area contributed by atoms with Gasteiger partial charge in [-0.3, -0.25) is 4.79 Å². The zero-order valence-electron chi connectivity index (χ0n) is 8.20. The van der Waals surface area contributed by atoms with E-state index in [1.807, 2.05) is 0 Å². The van der Waals surface area contributed by atoms with Gasteiger partial charge in [0.15, 0.2) is 0 Å². The minimum Gasteiger partial charge on any atom is -0.352 e. The van der Waals surface area contributed by atoms with Gasteiger partial charge in [0.05, 0.1) is 0 Å². The highest BCUT2D eigenvalue weighted by Crippen LogP contribution is 2.41. The van der Waals surface area contributed by atoms with Crippen LogP contribution in [0.1, 0.15) is 12.8 Å². The summed E-state index contributed by atoms with van der Waals surface area (Å²) in [5, 5.41) is 6.51. The van der Waals surface area contributed by atoms with Gasteiger partial charge in [0.25, 0.3) is 0 Å². The number of hydrogen-bond acceptors (Lipinski definition) is 2. The van der Waals surface area contributed by atoms with Gasteiger partial charge in [0, 0.05) is 25.0 Å². The molecule has 0 aromatic rings. The molecule has 3 nitrogen and oxygen atoms in total. The van der Waals surface area contributed by atoms with Crippen molar-refractivity contribution in [2.75, 3.05) is 13.1 Å². The fourth-order valence-corrected chi connectivity index (χ4v) is 2.75. The Balaban J connectivity index is 1.51. The Morgan fingerprint density at radius 1 is 1.21 bits per heavy atom. The van der Waals surface area contributed by atoms with Gasteiger partial charge in [-0.25, -0.2) is 0 Å². The number of carbonyl (C=O) groups excluding carboxylic acids is 1. The Kier molecular flexibility index (Phi) is 1.87. The van der Waals surface area contributed by atoms with Crippen LogP contribution in [0.4, 0.5) is 0 Å². The molecule has 3 aliphatic rings. The van der Waals surface area contributed by atoms with E-state index in [-0.39, 0.29) is 11.8 Å². The zero-order chi connectivity index (χ0) is 9.54. The third-order valence-corrected chi connectivity index (χ3v) is 3.78. The third kappa shape index (κ3) is 1.27. The van der Waals surface area contributed by atoms with Gasteiger partial charge < -0.3 is 10.6 Å². The molecule has 76 valence electrons. The van der Waals surface area contributed by atoms with Crippen LogP contribution in [0.15, 0.2) is 12.2 Å². The normalized spacial score (nSPS) is 39.9. The van der Waals surface area contributed by atoms with Gasteiger partial charge in [0.2, 0.25) is 5.91 Å². The average molecular weight is 192 g/mol. The van der Waals surface area contributed by atoms with Gasteiger partial charge in [-0.05, 0) is 24.7 Å². The monoisotopic (exact) mass is 192 g/mol. The van der Waals surface area contributed by atoms with Crippen LogP contribution in [0.3, 0.4) is 0 Å². The molecule has 1 saturated carbocycles. The van der Waals surface area contributed by atoms with Crippen LogP contribution >= 0.6 is 0 Å². The quantitative estimate of drug-likeness (QED) is 0.617. The Morgan fingerprint density at radius 3 is 2.50 bits per heavy atom. The first-order chi connectivity index (χ1) is 6.86. The maximum absolute atomic E-state index is 11.8. The van der Waals surface area contributed by atoms with Crippen molar-refractivity contribution in [1.29, 1.82) is 0 Å². The third-order valence-electron chi connectivity index (χ3n) is 3.78. The van der Waals surface area contributed by atoms with Gasteiger partial charge in [-0.15, -0.1) is 0 Å². The lowest BCUT2D eigenvalue weighted by molar-refractivity contribution is -0.124. The molecule has 2 atom stereocenters. The maximum Gasteiger partial charge on any atom is 0.223 e. The first-order valence-corrected chi connectivity index (χ1v) is 5.52. The van der Waals surface area contributed by atoms with Crippen molar-refractivity contribution in [3.8, 4) is 0 Å². The molecule has 1 heterocycles. The number of rotatable bonds is 2. The van der Waals surface area contributed by atoms with Crippen LogP contribution in [0, 0.1) is 17.8 Å². The molecule has 2 N–H and O–H groups in total. The number of carbonyl (C=O) groups is 1. The van der Waals surface area contributed by atoms with Crippen LogP contribution in [0.25, 0.3) is 0 Å². The summed E-state index contributed by atoms with van der Waals surface area (Å²) in [5.41, 5.74) is 0. The van der Waals surface area contributed by atoms with Crippen LogP contribution in [0.2, 0.25) is 0 Å². The van der Waals surface area contributed by atoms with Crippen LogP contribution in [0.5, 0.6) is 0 Å². The zero-order valence-corrected chi connectivity index (χ0v) is 8.20. The molecule has 2 fully saturated rings. The van der Waals surface area contributed by atoms with Crippen molar-refractivity contribution < 1.29 is 4.79 Å². The molecule has 0 bridgehead atoms. The largest absolute Gasteiger partial charge is 0.352 e. The molecule has 1 saturated heterocycles. The second-order valence-corrected chi connectivity index (χ2v) is 4.66. The molecule has 2 aliphatic carbocycles. The lowest BCUT2D eigenvalue weighted by Crippen LogP contribution is -2.36. The summed E-state index contributed by atoms with van der Waals surface area (Å²) in [7, 11) is 0. The average Bonchev–Trinajstić information content (AvgIpc) is 2.75. The molecule has 0 spiro atoms. The van der Waals surface area contributed by atoms with E-state index >= 15 is 0 Å². The fourth-order valence-electron chi connectivity index (χ4n) is 2.75. The van der Waals surface area contributed by atoms with E-state index < -0.39 is 0 Å². The first-order valence-electron chi connectivity index (χ1n) is 5.52. The summed E-state index contributed by atoms with van der Waals surface area (Å²) in [4.78, 5) is 11.8. The number of piperidine rings is 1. The van der Waals surface area contributed by atoms with E-state index in [4.69, 9.17) is 0 Å². The maximum atomic E-state index is 11.8. The summed E-state index contributed by atoms with van der Waals surface area (Å²) in [5.74, 6) is 1.96. The number of nitrogens with one attached hydrogen (secondary N) is 2. The van der Waals surface area contributed by atoms with E-state index in [9.17, 15) is 4.79 Å².